The molecule has 4 aromatic rings. The van der Waals surface area contributed by atoms with Crippen molar-refractivity contribution in [3.05, 3.63) is 87.2 Å². The number of amides is 2. The zero-order valence-corrected chi connectivity index (χ0v) is 20.0. The Balaban J connectivity index is 1.51. The maximum absolute atomic E-state index is 12.8. The van der Waals surface area contributed by atoms with Crippen molar-refractivity contribution in [2.45, 2.75) is 18.6 Å². The first-order chi connectivity index (χ1) is 16.9. The Hall–Kier alpha value is -4.10. The van der Waals surface area contributed by atoms with Gasteiger partial charge in [0.1, 0.15) is 0 Å². The number of nitro benzene ring substituents is 1. The minimum absolute atomic E-state index is 0.0226. The second kappa shape index (κ2) is 10.9. The maximum atomic E-state index is 12.8. The number of hydrogen-bond donors (Lipinski definition) is 2. The first-order valence-corrected chi connectivity index (χ1v) is 12.1. The fraction of sp³-hybridized carbons (Fsp3) is 0.136. The summed E-state index contributed by atoms with van der Waals surface area (Å²) in [7, 11) is 0. The highest BCUT2D eigenvalue weighted by Crippen LogP contribution is 2.24. The minimum Gasteiger partial charge on any atom is -0.345 e. The van der Waals surface area contributed by atoms with Gasteiger partial charge in [0.2, 0.25) is 5.91 Å². The summed E-state index contributed by atoms with van der Waals surface area (Å²) in [5, 5.41) is 27.8. The van der Waals surface area contributed by atoms with Crippen molar-refractivity contribution in [1.82, 2.24) is 25.1 Å². The van der Waals surface area contributed by atoms with Crippen LogP contribution in [0.3, 0.4) is 0 Å². The molecule has 2 heterocycles. The van der Waals surface area contributed by atoms with Gasteiger partial charge in [-0.25, -0.2) is 4.98 Å². The highest BCUT2D eigenvalue weighted by atomic mass is 32.2. The van der Waals surface area contributed by atoms with Crippen molar-refractivity contribution >= 4 is 45.7 Å². The fourth-order valence-corrected chi connectivity index (χ4v) is 4.55. The van der Waals surface area contributed by atoms with Crippen LogP contribution >= 0.6 is 23.1 Å². The number of thioether (sulfide) groups is 1. The standard InChI is InChI=1S/C22H19N7O4S2/c1-14-16(8-5-9-17(14)29(32)33)20(31)24-12-18-26-27-22(28(18)15-6-3-2-4-7-15)35-13-19(30)25-21-23-10-11-34-21/h2-11H,12-13H2,1H3,(H,24,31)(H,23,25,30). The molecule has 0 saturated carbocycles. The van der Waals surface area contributed by atoms with Crippen LogP contribution < -0.4 is 10.6 Å². The summed E-state index contributed by atoms with van der Waals surface area (Å²) in [5.74, 6) is -0.172. The first kappa shape index (κ1) is 24.0. The van der Waals surface area contributed by atoms with Crippen LogP contribution in [-0.2, 0) is 11.3 Å². The summed E-state index contributed by atoms with van der Waals surface area (Å²) in [5.41, 5.74) is 1.12. The Morgan fingerprint density at radius 3 is 2.66 bits per heavy atom. The number of rotatable bonds is 9. The van der Waals surface area contributed by atoms with E-state index in [9.17, 15) is 19.7 Å². The van der Waals surface area contributed by atoms with E-state index in [-0.39, 0.29) is 35.0 Å². The molecule has 0 unspecified atom stereocenters. The molecule has 2 N–H and O–H groups in total. The van der Waals surface area contributed by atoms with E-state index in [0.29, 0.717) is 16.1 Å². The topological polar surface area (TPSA) is 145 Å². The van der Waals surface area contributed by atoms with Gasteiger partial charge in [0, 0.05) is 34.5 Å². The minimum atomic E-state index is -0.522. The van der Waals surface area contributed by atoms with E-state index in [1.807, 2.05) is 30.3 Å². The molecule has 2 amide bonds. The van der Waals surface area contributed by atoms with Crippen LogP contribution in [0.15, 0.2) is 65.3 Å². The van der Waals surface area contributed by atoms with Gasteiger partial charge < -0.3 is 10.6 Å². The van der Waals surface area contributed by atoms with E-state index in [4.69, 9.17) is 0 Å². The lowest BCUT2D eigenvalue weighted by Gasteiger charge is -2.11. The summed E-state index contributed by atoms with van der Waals surface area (Å²) in [6.07, 6.45) is 1.61. The normalized spacial score (nSPS) is 10.7. The lowest BCUT2D eigenvalue weighted by Crippen LogP contribution is -2.25. The van der Waals surface area contributed by atoms with Crippen LogP contribution in [0.2, 0.25) is 0 Å². The molecule has 4 rings (SSSR count). The van der Waals surface area contributed by atoms with Gasteiger partial charge in [-0.05, 0) is 25.1 Å². The third-order valence-corrected chi connectivity index (χ3v) is 6.50. The average molecular weight is 510 g/mol. The van der Waals surface area contributed by atoms with Crippen molar-refractivity contribution in [3.8, 4) is 5.69 Å². The molecule has 35 heavy (non-hydrogen) atoms. The summed E-state index contributed by atoms with van der Waals surface area (Å²) < 4.78 is 1.75. The molecule has 11 nitrogen and oxygen atoms in total. The zero-order chi connectivity index (χ0) is 24.8. The Bertz CT molecular complexity index is 1360. The molecule has 0 aliphatic carbocycles. The predicted molar refractivity (Wildman–Crippen MR) is 132 cm³/mol. The highest BCUT2D eigenvalue weighted by Gasteiger charge is 2.20. The molecule has 0 atom stereocenters. The van der Waals surface area contributed by atoms with Crippen molar-refractivity contribution in [2.24, 2.45) is 0 Å². The quantitative estimate of drug-likeness (QED) is 0.198. The number of carbonyl (C=O) groups excluding carboxylic acids is 2. The molecular formula is C22H19N7O4S2. The molecule has 0 bridgehead atoms. The van der Waals surface area contributed by atoms with Crippen molar-refractivity contribution < 1.29 is 14.5 Å². The predicted octanol–water partition coefficient (Wildman–Crippen LogP) is 3.60. The first-order valence-electron chi connectivity index (χ1n) is 10.3. The summed E-state index contributed by atoms with van der Waals surface area (Å²) in [6.45, 7) is 1.56. The number of nitrogens with one attached hydrogen (secondary N) is 2. The van der Waals surface area contributed by atoms with Crippen molar-refractivity contribution in [1.29, 1.82) is 0 Å². The van der Waals surface area contributed by atoms with Crippen LogP contribution in [0.5, 0.6) is 0 Å². The number of nitrogens with zero attached hydrogens (tertiary/aromatic N) is 5. The van der Waals surface area contributed by atoms with Crippen molar-refractivity contribution in [3.63, 3.8) is 0 Å². The molecule has 0 fully saturated rings. The molecule has 0 aliphatic rings. The Morgan fingerprint density at radius 2 is 1.94 bits per heavy atom. The highest BCUT2D eigenvalue weighted by molar-refractivity contribution is 7.99. The fourth-order valence-electron chi connectivity index (χ4n) is 3.24. The van der Waals surface area contributed by atoms with Gasteiger partial charge in [-0.3, -0.25) is 24.3 Å². The van der Waals surface area contributed by atoms with Gasteiger partial charge in [0.15, 0.2) is 16.1 Å². The van der Waals surface area contributed by atoms with Gasteiger partial charge >= 0.3 is 0 Å². The lowest BCUT2D eigenvalue weighted by molar-refractivity contribution is -0.385. The van der Waals surface area contributed by atoms with E-state index in [1.165, 1.54) is 48.2 Å². The van der Waals surface area contributed by atoms with E-state index >= 15 is 0 Å². The molecule has 2 aromatic heterocycles. The molecule has 13 heteroatoms. The number of anilines is 1. The number of thiazole rings is 1. The van der Waals surface area contributed by atoms with Gasteiger partial charge in [0.05, 0.1) is 17.2 Å². The van der Waals surface area contributed by atoms with E-state index < -0.39 is 10.8 Å². The number of benzene rings is 2. The average Bonchev–Trinajstić information content (AvgIpc) is 3.51. The second-order valence-corrected chi connectivity index (χ2v) is 8.97. The molecule has 0 radical (unpaired) electrons. The number of para-hydroxylation sites is 1. The van der Waals surface area contributed by atoms with Gasteiger partial charge in [0.25, 0.3) is 11.6 Å². The molecule has 0 aliphatic heterocycles. The van der Waals surface area contributed by atoms with Crippen LogP contribution in [0.1, 0.15) is 21.7 Å². The van der Waals surface area contributed by atoms with Crippen LogP contribution in [0.25, 0.3) is 5.69 Å². The zero-order valence-electron chi connectivity index (χ0n) is 18.4. The van der Waals surface area contributed by atoms with Crippen LogP contribution in [0.4, 0.5) is 10.8 Å². The summed E-state index contributed by atoms with van der Waals surface area (Å²) in [4.78, 5) is 39.8. The Kier molecular flexibility index (Phi) is 7.48. The third-order valence-electron chi connectivity index (χ3n) is 4.88. The molecular weight excluding hydrogens is 490 g/mol. The SMILES string of the molecule is Cc1c(C(=O)NCc2nnc(SCC(=O)Nc3nccs3)n2-c2ccccc2)cccc1[N+](=O)[O-]. The monoisotopic (exact) mass is 509 g/mol. The van der Waals surface area contributed by atoms with Crippen molar-refractivity contribution in [2.75, 3.05) is 11.1 Å². The number of carbonyl (C=O) groups is 2. The summed E-state index contributed by atoms with van der Waals surface area (Å²) in [6, 6.07) is 13.7. The Labute approximate surface area is 207 Å². The van der Waals surface area contributed by atoms with E-state index in [1.54, 1.807) is 16.1 Å². The smallest absolute Gasteiger partial charge is 0.273 e. The Morgan fingerprint density at radius 1 is 1.14 bits per heavy atom. The third kappa shape index (κ3) is 5.70. The largest absolute Gasteiger partial charge is 0.345 e. The number of nitro groups is 1. The van der Waals surface area contributed by atoms with Gasteiger partial charge in [-0.1, -0.05) is 36.0 Å². The molecule has 0 saturated heterocycles. The van der Waals surface area contributed by atoms with Gasteiger partial charge in [-0.2, -0.15) is 0 Å². The van der Waals surface area contributed by atoms with Crippen LogP contribution in [-0.4, -0.2) is 42.2 Å². The second-order valence-electron chi connectivity index (χ2n) is 7.13. The lowest BCUT2D eigenvalue weighted by atomic mass is 10.1. The van der Waals surface area contributed by atoms with Crippen LogP contribution in [0, 0.1) is 17.0 Å². The molecule has 2 aromatic carbocycles. The molecule has 178 valence electrons. The molecule has 0 spiro atoms. The summed E-state index contributed by atoms with van der Waals surface area (Å²) >= 11 is 2.52. The number of aromatic nitrogens is 4. The maximum Gasteiger partial charge on any atom is 0.273 e. The van der Waals surface area contributed by atoms with E-state index in [2.05, 4.69) is 25.8 Å². The number of hydrogen-bond acceptors (Lipinski definition) is 9. The van der Waals surface area contributed by atoms with Gasteiger partial charge in [-0.15, -0.1) is 21.5 Å². The van der Waals surface area contributed by atoms with E-state index in [0.717, 1.165) is 5.69 Å².